The fourth-order valence-corrected chi connectivity index (χ4v) is 3.61. The van der Waals surface area contributed by atoms with Gasteiger partial charge in [-0.2, -0.15) is 4.91 Å². The molecule has 0 aromatic heterocycles. The Hall–Kier alpha value is -0.270. The SMILES string of the molecule is CNC(C(=O)O)C(C)(C)SSCCN=O. The van der Waals surface area contributed by atoms with Crippen molar-refractivity contribution in [3.05, 3.63) is 4.91 Å². The van der Waals surface area contributed by atoms with Gasteiger partial charge >= 0.3 is 5.97 Å². The Morgan fingerprint density at radius 3 is 2.60 bits per heavy atom. The largest absolute Gasteiger partial charge is 0.480 e. The zero-order valence-corrected chi connectivity index (χ0v) is 10.7. The Morgan fingerprint density at radius 2 is 2.20 bits per heavy atom. The van der Waals surface area contributed by atoms with Crippen molar-refractivity contribution in [3.63, 3.8) is 0 Å². The van der Waals surface area contributed by atoms with Gasteiger partial charge in [0.15, 0.2) is 0 Å². The Balaban J connectivity index is 4.13. The number of carboxylic acids is 1. The molecule has 2 N–H and O–H groups in total. The van der Waals surface area contributed by atoms with Gasteiger partial charge in [-0.15, -0.1) is 0 Å². The lowest BCUT2D eigenvalue weighted by Crippen LogP contribution is -2.48. The first kappa shape index (κ1) is 14.7. The number of rotatable bonds is 8. The summed E-state index contributed by atoms with van der Waals surface area (Å²) in [5.41, 5.74) is 0. The molecule has 0 aliphatic rings. The minimum Gasteiger partial charge on any atom is -0.480 e. The zero-order chi connectivity index (χ0) is 11.9. The van der Waals surface area contributed by atoms with Gasteiger partial charge in [0, 0.05) is 10.5 Å². The molecular weight excluding hydrogens is 236 g/mol. The summed E-state index contributed by atoms with van der Waals surface area (Å²) in [7, 11) is 4.54. The fraction of sp³-hybridized carbons (Fsp3) is 0.875. The number of aliphatic carboxylic acids is 1. The molecule has 0 aliphatic heterocycles. The summed E-state index contributed by atoms with van der Waals surface area (Å²) in [6, 6.07) is -0.612. The van der Waals surface area contributed by atoms with Crippen LogP contribution < -0.4 is 5.32 Å². The van der Waals surface area contributed by atoms with E-state index >= 15 is 0 Å². The Morgan fingerprint density at radius 1 is 1.60 bits per heavy atom. The third-order valence-corrected chi connectivity index (χ3v) is 5.05. The van der Waals surface area contributed by atoms with Crippen LogP contribution >= 0.6 is 21.6 Å². The molecule has 88 valence electrons. The van der Waals surface area contributed by atoms with Gasteiger partial charge in [-0.3, -0.25) is 4.79 Å². The quantitative estimate of drug-likeness (QED) is 0.388. The second-order valence-electron chi connectivity index (χ2n) is 3.42. The summed E-state index contributed by atoms with van der Waals surface area (Å²) in [5.74, 6) is -0.266. The van der Waals surface area contributed by atoms with Crippen molar-refractivity contribution in [2.45, 2.75) is 24.6 Å². The molecule has 0 aromatic rings. The van der Waals surface area contributed by atoms with Crippen LogP contribution in [0.1, 0.15) is 13.8 Å². The van der Waals surface area contributed by atoms with Gasteiger partial charge in [0.2, 0.25) is 0 Å². The molecular formula is C8H16N2O3S2. The van der Waals surface area contributed by atoms with E-state index in [0.29, 0.717) is 5.75 Å². The van der Waals surface area contributed by atoms with Crippen LogP contribution in [0.3, 0.4) is 0 Å². The molecule has 5 nitrogen and oxygen atoms in total. The highest BCUT2D eigenvalue weighted by Gasteiger charge is 2.34. The first-order chi connectivity index (χ1) is 6.95. The number of hydrogen-bond acceptors (Lipinski definition) is 6. The van der Waals surface area contributed by atoms with Crippen molar-refractivity contribution in [1.29, 1.82) is 0 Å². The van der Waals surface area contributed by atoms with Crippen molar-refractivity contribution < 1.29 is 9.90 Å². The van der Waals surface area contributed by atoms with E-state index in [4.69, 9.17) is 5.11 Å². The summed E-state index contributed by atoms with van der Waals surface area (Å²) < 4.78 is -0.436. The number of nitroso groups, excluding NO2 is 1. The number of nitrogens with zero attached hydrogens (tertiary/aromatic N) is 1. The van der Waals surface area contributed by atoms with Crippen LogP contribution in [0.15, 0.2) is 5.18 Å². The first-order valence-corrected chi connectivity index (χ1v) is 6.77. The topological polar surface area (TPSA) is 78.8 Å². The highest BCUT2D eigenvalue weighted by atomic mass is 33.1. The molecule has 0 spiro atoms. The maximum absolute atomic E-state index is 10.9. The summed E-state index contributed by atoms with van der Waals surface area (Å²) >= 11 is 0. The average Bonchev–Trinajstić information content (AvgIpc) is 2.12. The maximum atomic E-state index is 10.9. The monoisotopic (exact) mass is 252 g/mol. The van der Waals surface area contributed by atoms with Crippen LogP contribution in [0.2, 0.25) is 0 Å². The third kappa shape index (κ3) is 5.39. The molecule has 1 unspecified atom stereocenters. The van der Waals surface area contributed by atoms with Crippen molar-refractivity contribution in [2.24, 2.45) is 5.18 Å². The number of hydrogen-bond donors (Lipinski definition) is 2. The molecule has 0 aliphatic carbocycles. The third-order valence-electron chi connectivity index (χ3n) is 1.77. The maximum Gasteiger partial charge on any atom is 0.322 e. The molecule has 0 aromatic carbocycles. The molecule has 0 bridgehead atoms. The number of carbonyl (C=O) groups is 1. The van der Waals surface area contributed by atoms with Crippen LogP contribution in [-0.4, -0.2) is 41.2 Å². The second kappa shape index (κ2) is 7.08. The minimum atomic E-state index is -0.871. The van der Waals surface area contributed by atoms with E-state index in [-0.39, 0.29) is 6.54 Å². The second-order valence-corrected chi connectivity index (χ2v) is 6.49. The van der Waals surface area contributed by atoms with Gasteiger partial charge in [-0.25, -0.2) is 0 Å². The molecule has 0 fully saturated rings. The molecule has 1 atom stereocenters. The molecule has 7 heteroatoms. The fourth-order valence-electron chi connectivity index (χ4n) is 1.08. The van der Waals surface area contributed by atoms with E-state index in [1.807, 2.05) is 13.8 Å². The normalized spacial score (nSPS) is 13.5. The van der Waals surface area contributed by atoms with Crippen molar-refractivity contribution >= 4 is 27.6 Å². The van der Waals surface area contributed by atoms with Gasteiger partial charge in [0.1, 0.15) is 6.04 Å². The summed E-state index contributed by atoms with van der Waals surface area (Å²) in [4.78, 5) is 20.8. The zero-order valence-electron chi connectivity index (χ0n) is 9.02. The van der Waals surface area contributed by atoms with Crippen molar-refractivity contribution in [2.75, 3.05) is 19.3 Å². The van der Waals surface area contributed by atoms with Gasteiger partial charge in [0.05, 0.1) is 6.54 Å². The molecule has 0 saturated carbocycles. The lowest BCUT2D eigenvalue weighted by Gasteiger charge is -2.29. The van der Waals surface area contributed by atoms with Gasteiger partial charge < -0.3 is 10.4 Å². The smallest absolute Gasteiger partial charge is 0.322 e. The summed E-state index contributed by atoms with van der Waals surface area (Å²) in [6.45, 7) is 3.97. The molecule has 0 rings (SSSR count). The molecule has 0 heterocycles. The van der Waals surface area contributed by atoms with Crippen LogP contribution in [0.5, 0.6) is 0 Å². The predicted molar refractivity (Wildman–Crippen MR) is 65.3 cm³/mol. The molecule has 0 amide bonds. The van der Waals surface area contributed by atoms with Crippen LogP contribution in [0.4, 0.5) is 0 Å². The van der Waals surface area contributed by atoms with Crippen LogP contribution in [0, 0.1) is 4.91 Å². The number of likely N-dealkylation sites (N-methyl/N-ethyl adjacent to an activating group) is 1. The van der Waals surface area contributed by atoms with E-state index in [0.717, 1.165) is 0 Å². The lowest BCUT2D eigenvalue weighted by molar-refractivity contribution is -0.139. The number of carboxylic acid groups (broad SMARTS) is 1. The molecule has 15 heavy (non-hydrogen) atoms. The Labute approximate surface area is 97.1 Å². The number of nitrogens with one attached hydrogen (secondary N) is 1. The van der Waals surface area contributed by atoms with E-state index in [2.05, 4.69) is 10.5 Å². The Kier molecular flexibility index (Phi) is 6.95. The van der Waals surface area contributed by atoms with E-state index in [1.165, 1.54) is 21.6 Å². The highest BCUT2D eigenvalue weighted by Crippen LogP contribution is 2.37. The van der Waals surface area contributed by atoms with Crippen LogP contribution in [-0.2, 0) is 4.79 Å². The van der Waals surface area contributed by atoms with E-state index in [9.17, 15) is 9.70 Å². The molecule has 0 saturated heterocycles. The van der Waals surface area contributed by atoms with Gasteiger partial charge in [0.25, 0.3) is 0 Å². The standard InChI is InChI=1S/C8H16N2O3S2/c1-8(2,6(9-3)7(11)12)15-14-5-4-10-13/h6,9H,4-5H2,1-3H3,(H,11,12). The van der Waals surface area contributed by atoms with Crippen molar-refractivity contribution in [1.82, 2.24) is 5.32 Å². The summed E-state index contributed by atoms with van der Waals surface area (Å²) in [6.07, 6.45) is 0. The first-order valence-electron chi connectivity index (χ1n) is 4.45. The van der Waals surface area contributed by atoms with E-state index < -0.39 is 16.8 Å². The predicted octanol–water partition coefficient (Wildman–Crippen LogP) is 1.59. The average molecular weight is 252 g/mol. The van der Waals surface area contributed by atoms with Crippen molar-refractivity contribution in [3.8, 4) is 0 Å². The molecule has 0 radical (unpaired) electrons. The van der Waals surface area contributed by atoms with Gasteiger partial charge in [-0.05, 0) is 20.9 Å². The van der Waals surface area contributed by atoms with Gasteiger partial charge in [-0.1, -0.05) is 26.8 Å². The van der Waals surface area contributed by atoms with E-state index in [1.54, 1.807) is 7.05 Å². The lowest BCUT2D eigenvalue weighted by atomic mass is 10.0. The highest BCUT2D eigenvalue weighted by molar-refractivity contribution is 8.77. The minimum absolute atomic E-state index is 0.255. The van der Waals surface area contributed by atoms with Crippen LogP contribution in [0.25, 0.3) is 0 Å². The Bertz CT molecular complexity index is 224. The summed E-state index contributed by atoms with van der Waals surface area (Å²) in [5, 5.41) is 14.5.